The summed E-state index contributed by atoms with van der Waals surface area (Å²) in [5, 5.41) is 18.6. The Morgan fingerprint density at radius 1 is 1.04 bits per heavy atom. The van der Waals surface area contributed by atoms with Crippen molar-refractivity contribution in [3.05, 3.63) is 42.6 Å². The number of hydrogen-bond donors (Lipinski definition) is 2. The third kappa shape index (κ3) is 3.20. The molecule has 0 radical (unpaired) electrons. The van der Waals surface area contributed by atoms with Crippen LogP contribution in [0.2, 0.25) is 0 Å². The Morgan fingerprint density at radius 3 is 2.15 bits per heavy atom. The van der Waals surface area contributed by atoms with Crippen molar-refractivity contribution in [2.45, 2.75) is 31.2 Å². The van der Waals surface area contributed by atoms with E-state index in [4.69, 9.17) is 4.74 Å². The molecule has 1 fully saturated rings. The highest BCUT2D eigenvalue weighted by molar-refractivity contribution is 6.16. The molecule has 1 aliphatic rings. The summed E-state index contributed by atoms with van der Waals surface area (Å²) in [5.74, 6) is -5.41. The number of Topliss-reactive ketones (excluding diaryl/α,β-unsaturated/α-hetero) is 1. The molecule has 27 heavy (non-hydrogen) atoms. The zero-order chi connectivity index (χ0) is 19.6. The minimum Gasteiger partial charge on any atom is -0.497 e. The van der Waals surface area contributed by atoms with Crippen molar-refractivity contribution in [2.75, 3.05) is 7.11 Å². The molecule has 2 N–H and O–H groups in total. The number of rotatable bonds is 7. The van der Waals surface area contributed by atoms with Gasteiger partial charge < -0.3 is 19.5 Å². The van der Waals surface area contributed by atoms with Gasteiger partial charge >= 0.3 is 11.9 Å². The van der Waals surface area contributed by atoms with Crippen molar-refractivity contribution < 1.29 is 29.3 Å². The van der Waals surface area contributed by atoms with E-state index >= 15 is 0 Å². The van der Waals surface area contributed by atoms with Crippen LogP contribution in [0, 0.1) is 5.92 Å². The Balaban J connectivity index is 2.09. The van der Waals surface area contributed by atoms with Crippen LogP contribution >= 0.6 is 0 Å². The van der Waals surface area contributed by atoms with Crippen molar-refractivity contribution in [2.24, 2.45) is 5.92 Å². The minimum atomic E-state index is -2.07. The normalized spacial score (nSPS) is 15.6. The molecule has 0 atom stereocenters. The summed E-state index contributed by atoms with van der Waals surface area (Å²) in [6, 6.07) is 10.9. The molecule has 2 aromatic rings. The Kier molecular flexibility index (Phi) is 5.03. The van der Waals surface area contributed by atoms with Crippen molar-refractivity contribution in [3.63, 3.8) is 0 Å². The zero-order valence-electron chi connectivity index (χ0n) is 14.9. The zero-order valence-corrected chi connectivity index (χ0v) is 14.9. The molecule has 0 spiro atoms. The van der Waals surface area contributed by atoms with Crippen LogP contribution in [-0.4, -0.2) is 39.6 Å². The number of nitrogens with zero attached hydrogens (tertiary/aromatic N) is 1. The number of carboxylic acids is 2. The fraction of sp³-hybridized carbons (Fsp3) is 0.350. The molecular formula is C20H21NO6. The Hall–Kier alpha value is -3.09. The number of methoxy groups -OCH3 is 1. The van der Waals surface area contributed by atoms with E-state index in [1.54, 1.807) is 36.1 Å². The molecule has 0 unspecified atom stereocenters. The van der Waals surface area contributed by atoms with Crippen LogP contribution in [0.15, 0.2) is 42.6 Å². The van der Waals surface area contributed by atoms with Gasteiger partial charge in [0.1, 0.15) is 11.3 Å². The molecule has 1 aliphatic carbocycles. The van der Waals surface area contributed by atoms with E-state index in [1.165, 1.54) is 0 Å². The molecule has 1 heterocycles. The molecule has 1 saturated carbocycles. The van der Waals surface area contributed by atoms with E-state index < -0.39 is 29.2 Å². The molecule has 1 aromatic heterocycles. The van der Waals surface area contributed by atoms with Gasteiger partial charge in [-0.1, -0.05) is 12.8 Å². The largest absolute Gasteiger partial charge is 0.497 e. The predicted molar refractivity (Wildman–Crippen MR) is 96.6 cm³/mol. The van der Waals surface area contributed by atoms with Crippen molar-refractivity contribution in [1.82, 2.24) is 4.57 Å². The number of carbonyl (C=O) groups excluding carboxylic acids is 1. The van der Waals surface area contributed by atoms with Crippen molar-refractivity contribution in [3.8, 4) is 17.0 Å². The number of ketones is 1. The number of carbonyl (C=O) groups is 3. The minimum absolute atomic E-state index is 0.417. The van der Waals surface area contributed by atoms with Gasteiger partial charge in [-0.2, -0.15) is 0 Å². The topological polar surface area (TPSA) is 106 Å². The highest BCUT2D eigenvalue weighted by atomic mass is 16.5. The van der Waals surface area contributed by atoms with E-state index in [9.17, 15) is 24.6 Å². The van der Waals surface area contributed by atoms with Crippen LogP contribution in [-0.2, 0) is 19.9 Å². The fourth-order valence-electron chi connectivity index (χ4n) is 3.92. The molecule has 0 saturated heterocycles. The predicted octanol–water partition coefficient (Wildman–Crippen LogP) is 2.79. The first-order valence-electron chi connectivity index (χ1n) is 8.73. The standard InChI is InChI=1S/C20H21NO6/c1-27-14-8-6-13(7-9-14)15-5-4-12-21(15)20(10-2-3-11-20)17(22)16(18(23)24)19(25)26/h4-9,12,16H,2-3,10-11H2,1H3,(H,23,24)(H,25,26). The molecular weight excluding hydrogens is 350 g/mol. The summed E-state index contributed by atoms with van der Waals surface area (Å²) >= 11 is 0. The number of ether oxygens (including phenoxy) is 1. The van der Waals surface area contributed by atoms with E-state index in [0.29, 0.717) is 18.6 Å². The lowest BCUT2D eigenvalue weighted by molar-refractivity contribution is -0.160. The number of hydrogen-bond acceptors (Lipinski definition) is 4. The molecule has 1 aromatic carbocycles. The van der Waals surface area contributed by atoms with Gasteiger partial charge in [0, 0.05) is 11.9 Å². The molecule has 7 heteroatoms. The average molecular weight is 371 g/mol. The summed E-state index contributed by atoms with van der Waals surface area (Å²) in [6.07, 6.45) is 4.03. The van der Waals surface area contributed by atoms with E-state index in [-0.39, 0.29) is 0 Å². The first-order valence-corrected chi connectivity index (χ1v) is 8.73. The number of benzene rings is 1. The summed E-state index contributed by atoms with van der Waals surface area (Å²) < 4.78 is 6.92. The summed E-state index contributed by atoms with van der Waals surface area (Å²) in [5.41, 5.74) is 0.407. The molecule has 142 valence electrons. The molecule has 0 amide bonds. The number of aliphatic carboxylic acids is 2. The van der Waals surface area contributed by atoms with Crippen LogP contribution in [0.1, 0.15) is 25.7 Å². The summed E-state index contributed by atoms with van der Waals surface area (Å²) in [7, 11) is 1.57. The van der Waals surface area contributed by atoms with Gasteiger partial charge in [0.2, 0.25) is 5.92 Å². The van der Waals surface area contributed by atoms with Gasteiger partial charge in [0.15, 0.2) is 5.78 Å². The lowest BCUT2D eigenvalue weighted by Gasteiger charge is -2.33. The Bertz CT molecular complexity index is 847. The van der Waals surface area contributed by atoms with Crippen LogP contribution in [0.25, 0.3) is 11.3 Å². The highest BCUT2D eigenvalue weighted by Crippen LogP contribution is 2.42. The second kappa shape index (κ2) is 7.26. The summed E-state index contributed by atoms with van der Waals surface area (Å²) in [6.45, 7) is 0. The van der Waals surface area contributed by atoms with Gasteiger partial charge in [-0.25, -0.2) is 0 Å². The third-order valence-corrected chi connectivity index (χ3v) is 5.24. The quantitative estimate of drug-likeness (QED) is 0.725. The Morgan fingerprint density at radius 2 is 1.63 bits per heavy atom. The van der Waals surface area contributed by atoms with E-state index in [0.717, 1.165) is 24.1 Å². The maximum Gasteiger partial charge on any atom is 0.325 e. The van der Waals surface area contributed by atoms with Crippen molar-refractivity contribution >= 4 is 17.7 Å². The van der Waals surface area contributed by atoms with Gasteiger partial charge in [-0.15, -0.1) is 0 Å². The molecule has 0 bridgehead atoms. The molecule has 0 aliphatic heterocycles. The second-order valence-electron chi connectivity index (χ2n) is 6.70. The van der Waals surface area contributed by atoms with Crippen LogP contribution in [0.4, 0.5) is 0 Å². The average Bonchev–Trinajstić information content (AvgIpc) is 3.31. The van der Waals surface area contributed by atoms with Crippen LogP contribution in [0.3, 0.4) is 0 Å². The number of carboxylic acid groups (broad SMARTS) is 2. The van der Waals surface area contributed by atoms with E-state index in [1.807, 2.05) is 18.2 Å². The first-order chi connectivity index (χ1) is 12.9. The number of aromatic nitrogens is 1. The maximum absolute atomic E-state index is 13.1. The van der Waals surface area contributed by atoms with Crippen molar-refractivity contribution in [1.29, 1.82) is 0 Å². The smallest absolute Gasteiger partial charge is 0.325 e. The Labute approximate surface area is 156 Å². The summed E-state index contributed by atoms with van der Waals surface area (Å²) in [4.78, 5) is 36.0. The van der Waals surface area contributed by atoms with Crippen LogP contribution < -0.4 is 4.74 Å². The highest BCUT2D eigenvalue weighted by Gasteiger charge is 2.50. The monoisotopic (exact) mass is 371 g/mol. The van der Waals surface area contributed by atoms with Gasteiger partial charge in [-0.3, -0.25) is 14.4 Å². The maximum atomic E-state index is 13.1. The SMILES string of the molecule is COc1ccc(-c2cccn2C2(C(=O)C(C(=O)O)C(=O)O)CCCC2)cc1. The first kappa shape index (κ1) is 18.7. The third-order valence-electron chi connectivity index (χ3n) is 5.24. The molecule has 3 rings (SSSR count). The fourth-order valence-corrected chi connectivity index (χ4v) is 3.92. The van der Waals surface area contributed by atoms with Crippen LogP contribution in [0.5, 0.6) is 5.75 Å². The van der Waals surface area contributed by atoms with Gasteiger partial charge in [0.05, 0.1) is 7.11 Å². The lowest BCUT2D eigenvalue weighted by Crippen LogP contribution is -2.48. The molecule has 7 nitrogen and oxygen atoms in total. The second-order valence-corrected chi connectivity index (χ2v) is 6.70. The van der Waals surface area contributed by atoms with E-state index in [2.05, 4.69) is 0 Å². The lowest BCUT2D eigenvalue weighted by atomic mass is 9.83. The van der Waals surface area contributed by atoms with Gasteiger partial charge in [-0.05, 0) is 54.8 Å². The van der Waals surface area contributed by atoms with Gasteiger partial charge in [0.25, 0.3) is 0 Å².